The molecular weight excluding hydrogens is 336 g/mol. The Morgan fingerprint density at radius 2 is 1.52 bits per heavy atom. The van der Waals surface area contributed by atoms with Crippen molar-refractivity contribution in [3.8, 4) is 28.2 Å². The maximum atomic E-state index is 12.4. The quantitative estimate of drug-likeness (QED) is 0.521. The van der Waals surface area contributed by atoms with E-state index in [2.05, 4.69) is 0 Å². The molecule has 0 aliphatic carbocycles. The number of hydrogen-bond acceptors (Lipinski definition) is 3. The first-order valence-corrected chi connectivity index (χ1v) is 8.12. The van der Waals surface area contributed by atoms with Gasteiger partial charge in [-0.05, 0) is 35.4 Å². The van der Waals surface area contributed by atoms with Crippen LogP contribution in [0.2, 0.25) is 5.02 Å². The lowest BCUT2D eigenvalue weighted by Gasteiger charge is -2.08. The van der Waals surface area contributed by atoms with Crippen LogP contribution in [0.25, 0.3) is 33.4 Å². The van der Waals surface area contributed by atoms with Crippen LogP contribution >= 0.6 is 11.6 Å². The summed E-state index contributed by atoms with van der Waals surface area (Å²) in [5, 5.41) is 11.1. The maximum Gasteiger partial charge on any atom is 0.197 e. The summed E-state index contributed by atoms with van der Waals surface area (Å²) < 4.78 is 5.91. The van der Waals surface area contributed by atoms with E-state index in [0.717, 1.165) is 16.7 Å². The lowest BCUT2D eigenvalue weighted by molar-refractivity contribution is 0.480. The minimum absolute atomic E-state index is 0.101. The molecule has 0 fully saturated rings. The second-order valence-electron chi connectivity index (χ2n) is 5.72. The Labute approximate surface area is 148 Å². The minimum atomic E-state index is -0.278. The molecule has 1 N–H and O–H groups in total. The standard InChI is InChI=1S/C21H13ClO3/c22-16-8-6-13(7-9-16)15-10-17(23)21-18(24)12-19(25-20(21)11-15)14-4-2-1-3-5-14/h1-12,23H. The summed E-state index contributed by atoms with van der Waals surface area (Å²) in [5.74, 6) is 0.363. The highest BCUT2D eigenvalue weighted by Crippen LogP contribution is 2.32. The van der Waals surface area contributed by atoms with Crippen molar-refractivity contribution in [3.63, 3.8) is 0 Å². The van der Waals surface area contributed by atoms with E-state index in [0.29, 0.717) is 16.4 Å². The summed E-state index contributed by atoms with van der Waals surface area (Å²) >= 11 is 5.93. The molecule has 0 aliphatic heterocycles. The molecule has 0 aliphatic rings. The number of fused-ring (bicyclic) bond motifs is 1. The third-order valence-corrected chi connectivity index (χ3v) is 4.30. The zero-order valence-electron chi connectivity index (χ0n) is 13.1. The summed E-state index contributed by atoms with van der Waals surface area (Å²) in [6.07, 6.45) is 0. The first-order valence-electron chi connectivity index (χ1n) is 7.74. The molecule has 0 unspecified atom stereocenters. The summed E-state index contributed by atoms with van der Waals surface area (Å²) in [7, 11) is 0. The highest BCUT2D eigenvalue weighted by Gasteiger charge is 2.13. The molecule has 1 aromatic heterocycles. The van der Waals surface area contributed by atoms with Crippen LogP contribution in [-0.2, 0) is 0 Å². The molecule has 122 valence electrons. The molecule has 4 rings (SSSR count). The van der Waals surface area contributed by atoms with Gasteiger partial charge in [0.15, 0.2) is 5.43 Å². The highest BCUT2D eigenvalue weighted by molar-refractivity contribution is 6.30. The van der Waals surface area contributed by atoms with E-state index in [4.69, 9.17) is 16.0 Å². The lowest BCUT2D eigenvalue weighted by atomic mass is 10.0. The molecule has 0 atom stereocenters. The van der Waals surface area contributed by atoms with Crippen molar-refractivity contribution in [1.82, 2.24) is 0 Å². The van der Waals surface area contributed by atoms with Crippen molar-refractivity contribution in [1.29, 1.82) is 0 Å². The van der Waals surface area contributed by atoms with E-state index in [1.807, 2.05) is 42.5 Å². The van der Waals surface area contributed by atoms with E-state index in [-0.39, 0.29) is 16.6 Å². The Morgan fingerprint density at radius 1 is 0.800 bits per heavy atom. The molecule has 1 heterocycles. The van der Waals surface area contributed by atoms with Crippen LogP contribution in [0.4, 0.5) is 0 Å². The summed E-state index contributed by atoms with van der Waals surface area (Å²) in [5.41, 5.74) is 2.49. The fourth-order valence-corrected chi connectivity index (χ4v) is 2.95. The van der Waals surface area contributed by atoms with Crippen molar-refractivity contribution < 1.29 is 9.52 Å². The fraction of sp³-hybridized carbons (Fsp3) is 0. The largest absolute Gasteiger partial charge is 0.507 e. The van der Waals surface area contributed by atoms with Gasteiger partial charge in [0, 0.05) is 16.7 Å². The third-order valence-electron chi connectivity index (χ3n) is 4.05. The van der Waals surface area contributed by atoms with Gasteiger partial charge in [-0.1, -0.05) is 54.1 Å². The SMILES string of the molecule is O=c1cc(-c2ccccc2)oc2cc(-c3ccc(Cl)cc3)cc(O)c12. The molecular formula is C21H13ClO3. The Kier molecular flexibility index (Phi) is 3.79. The van der Waals surface area contributed by atoms with E-state index < -0.39 is 0 Å². The van der Waals surface area contributed by atoms with Gasteiger partial charge in [0.05, 0.1) is 0 Å². The topological polar surface area (TPSA) is 50.4 Å². The van der Waals surface area contributed by atoms with E-state index >= 15 is 0 Å². The first-order chi connectivity index (χ1) is 12.1. The van der Waals surface area contributed by atoms with Crippen LogP contribution in [-0.4, -0.2) is 5.11 Å². The zero-order valence-corrected chi connectivity index (χ0v) is 13.8. The number of hydrogen-bond donors (Lipinski definition) is 1. The number of phenolic OH excluding ortho intramolecular Hbond substituents is 1. The van der Waals surface area contributed by atoms with Gasteiger partial charge in [0.2, 0.25) is 0 Å². The first kappa shape index (κ1) is 15.5. The van der Waals surface area contributed by atoms with Crippen LogP contribution < -0.4 is 5.43 Å². The molecule has 4 heteroatoms. The van der Waals surface area contributed by atoms with Crippen LogP contribution in [0.5, 0.6) is 5.75 Å². The van der Waals surface area contributed by atoms with Gasteiger partial charge in [-0.25, -0.2) is 0 Å². The van der Waals surface area contributed by atoms with Gasteiger partial charge in [0.1, 0.15) is 22.5 Å². The lowest BCUT2D eigenvalue weighted by Crippen LogP contribution is -2.01. The fourth-order valence-electron chi connectivity index (χ4n) is 2.82. The van der Waals surface area contributed by atoms with Crippen LogP contribution in [0.3, 0.4) is 0 Å². The number of halogens is 1. The van der Waals surface area contributed by atoms with Crippen LogP contribution in [0.15, 0.2) is 82.0 Å². The third kappa shape index (κ3) is 2.90. The average molecular weight is 349 g/mol. The molecule has 3 nitrogen and oxygen atoms in total. The average Bonchev–Trinajstić information content (AvgIpc) is 2.62. The van der Waals surface area contributed by atoms with Crippen molar-refractivity contribution in [2.45, 2.75) is 0 Å². The monoisotopic (exact) mass is 348 g/mol. The molecule has 0 radical (unpaired) electrons. The van der Waals surface area contributed by atoms with Crippen molar-refractivity contribution in [3.05, 3.63) is 88.0 Å². The van der Waals surface area contributed by atoms with Gasteiger partial charge >= 0.3 is 0 Å². The van der Waals surface area contributed by atoms with Crippen molar-refractivity contribution in [2.24, 2.45) is 0 Å². The predicted molar refractivity (Wildman–Crippen MR) is 100 cm³/mol. The highest BCUT2D eigenvalue weighted by atomic mass is 35.5. The maximum absolute atomic E-state index is 12.4. The van der Waals surface area contributed by atoms with E-state index in [1.165, 1.54) is 6.07 Å². The molecule has 0 amide bonds. The van der Waals surface area contributed by atoms with Crippen LogP contribution in [0.1, 0.15) is 0 Å². The van der Waals surface area contributed by atoms with Gasteiger partial charge in [-0.15, -0.1) is 0 Å². The van der Waals surface area contributed by atoms with Gasteiger partial charge in [0.25, 0.3) is 0 Å². The van der Waals surface area contributed by atoms with Crippen LogP contribution in [0, 0.1) is 0 Å². The van der Waals surface area contributed by atoms with Crippen molar-refractivity contribution in [2.75, 3.05) is 0 Å². The number of aromatic hydroxyl groups is 1. The number of rotatable bonds is 2. The van der Waals surface area contributed by atoms with Gasteiger partial charge < -0.3 is 9.52 Å². The Balaban J connectivity index is 1.95. The minimum Gasteiger partial charge on any atom is -0.507 e. The molecule has 4 aromatic rings. The molecule has 3 aromatic carbocycles. The second kappa shape index (κ2) is 6.11. The van der Waals surface area contributed by atoms with Gasteiger partial charge in [-0.3, -0.25) is 4.79 Å². The van der Waals surface area contributed by atoms with Crippen molar-refractivity contribution >= 4 is 22.6 Å². The van der Waals surface area contributed by atoms with E-state index in [9.17, 15) is 9.90 Å². The number of benzene rings is 3. The normalized spacial score (nSPS) is 10.9. The second-order valence-corrected chi connectivity index (χ2v) is 6.15. The number of phenols is 1. The Morgan fingerprint density at radius 3 is 2.24 bits per heavy atom. The summed E-state index contributed by atoms with van der Waals surface area (Å²) in [6, 6.07) is 21.3. The summed E-state index contributed by atoms with van der Waals surface area (Å²) in [6.45, 7) is 0. The molecule has 0 saturated carbocycles. The molecule has 25 heavy (non-hydrogen) atoms. The predicted octanol–water partition coefficient (Wildman–Crippen LogP) is 5.49. The molecule has 0 saturated heterocycles. The van der Waals surface area contributed by atoms with Gasteiger partial charge in [-0.2, -0.15) is 0 Å². The Bertz CT molecular complexity index is 1110. The Hall–Kier alpha value is -3.04. The zero-order chi connectivity index (χ0) is 17.4. The molecule has 0 bridgehead atoms. The summed E-state index contributed by atoms with van der Waals surface area (Å²) in [4.78, 5) is 12.4. The van der Waals surface area contributed by atoms with E-state index in [1.54, 1.807) is 24.3 Å². The molecule has 0 spiro atoms. The smallest absolute Gasteiger partial charge is 0.197 e.